The third-order valence-electron chi connectivity index (χ3n) is 10.4. The van der Waals surface area contributed by atoms with Gasteiger partial charge < -0.3 is 39.5 Å². The molecular weight excluding hydrogens is 817 g/mol. The van der Waals surface area contributed by atoms with Crippen molar-refractivity contribution in [3.05, 3.63) is 59.1 Å². The van der Waals surface area contributed by atoms with E-state index < -0.39 is 0 Å². The van der Waals surface area contributed by atoms with Gasteiger partial charge in [0.1, 0.15) is 5.82 Å². The fourth-order valence-corrected chi connectivity index (χ4v) is 7.25. The summed E-state index contributed by atoms with van der Waals surface area (Å²) in [5.74, 6) is 1.76. The monoisotopic (exact) mass is 864 g/mol. The second-order valence-corrected chi connectivity index (χ2v) is 14.8. The lowest BCUT2D eigenvalue weighted by molar-refractivity contribution is -0.125. The average Bonchev–Trinajstić information content (AvgIpc) is 4.00. The summed E-state index contributed by atoms with van der Waals surface area (Å²) in [4.78, 5) is 76.8. The lowest BCUT2D eigenvalue weighted by Crippen LogP contribution is -2.47. The number of anilines is 5. The van der Waals surface area contributed by atoms with Gasteiger partial charge in [0.25, 0.3) is 11.8 Å². The number of rotatable bonds is 13. The maximum Gasteiger partial charge on any atom is 0.254 e. The minimum atomic E-state index is -0.386. The van der Waals surface area contributed by atoms with Crippen LogP contribution in [-0.2, 0) is 33.4 Å². The van der Waals surface area contributed by atoms with Crippen molar-refractivity contribution >= 4 is 76.7 Å². The highest BCUT2D eigenvalue weighted by Crippen LogP contribution is 2.25. The number of ether oxygens (including phenoxy) is 3. The van der Waals surface area contributed by atoms with E-state index in [4.69, 9.17) is 29.2 Å². The Balaban J connectivity index is 0.000000175. The second-order valence-electron chi connectivity index (χ2n) is 14.8. The van der Waals surface area contributed by atoms with Gasteiger partial charge in [-0.2, -0.15) is 39.2 Å². The van der Waals surface area contributed by atoms with Gasteiger partial charge in [0.15, 0.2) is 11.3 Å². The number of hydrogen-bond donors (Lipinski definition) is 4. The number of carbonyl (C=O) groups excluding carboxylic acids is 4. The van der Waals surface area contributed by atoms with Crippen LogP contribution in [0.2, 0.25) is 0 Å². The van der Waals surface area contributed by atoms with Gasteiger partial charge in [-0.25, -0.2) is 4.98 Å². The molecule has 0 bridgehead atoms. The number of piperazine rings is 1. The molecule has 0 spiro atoms. The Morgan fingerprint density at radius 3 is 1.71 bits per heavy atom. The molecule has 63 heavy (non-hydrogen) atoms. The predicted molar refractivity (Wildman–Crippen MR) is 230 cm³/mol. The van der Waals surface area contributed by atoms with Crippen LogP contribution >= 0.6 is 0 Å². The highest BCUT2D eigenvalue weighted by molar-refractivity contribution is 6.16. The fourth-order valence-electron chi connectivity index (χ4n) is 7.25. The highest BCUT2D eigenvalue weighted by Gasteiger charge is 2.27. The molecule has 5 aromatic rings. The molecule has 4 amide bonds. The number of imide groups is 2. The number of carbonyl (C=O) groups is 4. The lowest BCUT2D eigenvalue weighted by Gasteiger charge is -2.35. The number of hydrogen-bond acceptors (Lipinski definition) is 19. The van der Waals surface area contributed by atoms with Crippen LogP contribution in [0, 0.1) is 0 Å². The van der Waals surface area contributed by atoms with Gasteiger partial charge in [-0.15, -0.1) is 0 Å². The fraction of sp³-hybridized carbons (Fsp3) is 0.425. The molecule has 4 aliphatic heterocycles. The molecule has 23 nitrogen and oxygen atoms in total. The van der Waals surface area contributed by atoms with Crippen LogP contribution in [0.3, 0.4) is 0 Å². The van der Waals surface area contributed by atoms with E-state index in [0.29, 0.717) is 103 Å². The summed E-state index contributed by atoms with van der Waals surface area (Å²) in [5.41, 5.74) is 3.18. The summed E-state index contributed by atoms with van der Waals surface area (Å²) < 4.78 is 19.0. The van der Waals surface area contributed by atoms with Gasteiger partial charge in [0.2, 0.25) is 35.6 Å². The quantitative estimate of drug-likeness (QED) is 0.0699. The number of aromatic nitrogens is 9. The first-order chi connectivity index (χ1) is 30.8. The SMILES string of the molecule is COCCNc1nc(N2CCCOCC2)nc2c(/C=C3\CC(=O)NC3=O)cnn12.COCCNc1nc(N2CCN(c3ccccn3)CC2)nc2c(/C=C3\CC(=O)NC3=O)cnn12. The van der Waals surface area contributed by atoms with Crippen LogP contribution in [0.4, 0.5) is 29.6 Å². The molecule has 4 saturated heterocycles. The Bertz CT molecular complexity index is 2520. The zero-order valence-electron chi connectivity index (χ0n) is 34.9. The van der Waals surface area contributed by atoms with E-state index in [1.54, 1.807) is 54.0 Å². The predicted octanol–water partition coefficient (Wildman–Crippen LogP) is 0.173. The second kappa shape index (κ2) is 19.7. The van der Waals surface area contributed by atoms with Gasteiger partial charge in [-0.05, 0) is 30.7 Å². The Morgan fingerprint density at radius 1 is 0.683 bits per heavy atom. The van der Waals surface area contributed by atoms with E-state index in [-0.39, 0.29) is 36.5 Å². The summed E-state index contributed by atoms with van der Waals surface area (Å²) in [6, 6.07) is 5.90. The van der Waals surface area contributed by atoms with Crippen LogP contribution in [0.1, 0.15) is 30.4 Å². The molecule has 0 atom stereocenters. The number of fused-ring (bicyclic) bond motifs is 2. The van der Waals surface area contributed by atoms with Gasteiger partial charge >= 0.3 is 0 Å². The van der Waals surface area contributed by atoms with Crippen molar-refractivity contribution in [2.24, 2.45) is 0 Å². The molecular formula is C40H48N16O7. The summed E-state index contributed by atoms with van der Waals surface area (Å²) in [7, 11) is 3.27. The third-order valence-corrected chi connectivity index (χ3v) is 10.4. The van der Waals surface area contributed by atoms with Crippen LogP contribution in [0.25, 0.3) is 23.4 Å². The van der Waals surface area contributed by atoms with Crippen molar-refractivity contribution < 1.29 is 33.4 Å². The molecule has 4 N–H and O–H groups in total. The summed E-state index contributed by atoms with van der Waals surface area (Å²) in [6.07, 6.45) is 9.34. The van der Waals surface area contributed by atoms with E-state index in [0.717, 1.165) is 45.0 Å². The molecule has 0 unspecified atom stereocenters. The molecule has 0 saturated carbocycles. The van der Waals surface area contributed by atoms with Crippen molar-refractivity contribution in [2.45, 2.75) is 19.3 Å². The minimum absolute atomic E-state index is 0.0442. The Morgan fingerprint density at radius 2 is 1.22 bits per heavy atom. The van der Waals surface area contributed by atoms with Gasteiger partial charge in [-0.3, -0.25) is 29.8 Å². The number of amides is 4. The number of pyridine rings is 1. The summed E-state index contributed by atoms with van der Waals surface area (Å²) >= 11 is 0. The molecule has 9 heterocycles. The van der Waals surface area contributed by atoms with Crippen LogP contribution in [0.5, 0.6) is 0 Å². The Kier molecular flexibility index (Phi) is 13.3. The molecule has 330 valence electrons. The topological polar surface area (TPSA) is 253 Å². The smallest absolute Gasteiger partial charge is 0.254 e. The molecule has 0 aromatic carbocycles. The third kappa shape index (κ3) is 10.0. The number of nitrogens with zero attached hydrogens (tertiary/aromatic N) is 12. The van der Waals surface area contributed by atoms with Crippen molar-refractivity contribution in [3.8, 4) is 0 Å². The first kappa shape index (κ1) is 42.6. The normalized spacial score (nSPS) is 18.3. The van der Waals surface area contributed by atoms with Crippen molar-refractivity contribution in [1.29, 1.82) is 0 Å². The average molecular weight is 865 g/mol. The number of methoxy groups -OCH3 is 2. The van der Waals surface area contributed by atoms with Gasteiger partial charge in [0.05, 0.1) is 45.1 Å². The van der Waals surface area contributed by atoms with Crippen molar-refractivity contribution in [2.75, 3.05) is 118 Å². The summed E-state index contributed by atoms with van der Waals surface area (Å²) in [5, 5.41) is 19.8. The first-order valence-corrected chi connectivity index (χ1v) is 20.6. The lowest BCUT2D eigenvalue weighted by atomic mass is 10.1. The van der Waals surface area contributed by atoms with Crippen LogP contribution < -0.4 is 36.0 Å². The van der Waals surface area contributed by atoms with E-state index in [2.05, 4.69) is 56.1 Å². The van der Waals surface area contributed by atoms with E-state index in [1.807, 2.05) is 18.2 Å². The Hall–Kier alpha value is -7.11. The molecule has 23 heteroatoms. The van der Waals surface area contributed by atoms with Crippen molar-refractivity contribution in [3.63, 3.8) is 0 Å². The van der Waals surface area contributed by atoms with E-state index in [1.165, 1.54) is 0 Å². The van der Waals surface area contributed by atoms with Crippen LogP contribution in [-0.4, -0.2) is 161 Å². The molecule has 0 aliphatic carbocycles. The standard InChI is InChI=1S/C22H25N9O3.C18H23N7O4/c1-34-11-6-24-21-28-22(30-9-7-29(8-10-30)17-4-2-3-5-23-17)27-19-16(14-25-31(19)21)12-15-13-18(32)26-20(15)33;1-28-7-3-19-17-23-18(24-4-2-6-29-8-5-24)22-15-13(11-20-25(15)17)9-12-10-14(26)21-16(12)27/h2-5,12,14H,6-11,13H2,1H3,(H,24,27,28)(H,26,32,33);9,11H,2-8,10H2,1H3,(H,19,22,23)(H,21,26,27)/b15-12+;12-9+. The molecule has 4 fully saturated rings. The van der Waals surface area contributed by atoms with Gasteiger partial charge in [-0.1, -0.05) is 6.07 Å². The van der Waals surface area contributed by atoms with E-state index >= 15 is 0 Å². The Labute approximate surface area is 360 Å². The maximum absolute atomic E-state index is 12.0. The van der Waals surface area contributed by atoms with Crippen molar-refractivity contribution in [1.82, 2.24) is 54.8 Å². The minimum Gasteiger partial charge on any atom is -0.383 e. The first-order valence-electron chi connectivity index (χ1n) is 20.6. The molecule has 0 radical (unpaired) electrons. The zero-order chi connectivity index (χ0) is 43.7. The largest absolute Gasteiger partial charge is 0.383 e. The van der Waals surface area contributed by atoms with Gasteiger partial charge in [0, 0.05) is 102 Å². The zero-order valence-corrected chi connectivity index (χ0v) is 34.9. The highest BCUT2D eigenvalue weighted by atomic mass is 16.5. The van der Waals surface area contributed by atoms with Crippen LogP contribution in [0.15, 0.2) is 47.9 Å². The summed E-state index contributed by atoms with van der Waals surface area (Å²) in [6.45, 7) is 7.95. The maximum atomic E-state index is 12.0. The molecule has 5 aromatic heterocycles. The molecule has 4 aliphatic rings. The number of nitrogens with one attached hydrogen (secondary N) is 4. The molecule has 9 rings (SSSR count). The van der Waals surface area contributed by atoms with E-state index in [9.17, 15) is 19.2 Å².